The van der Waals surface area contributed by atoms with Crippen LogP contribution >= 0.6 is 0 Å². The summed E-state index contributed by atoms with van der Waals surface area (Å²) >= 11 is 0. The van der Waals surface area contributed by atoms with Crippen molar-refractivity contribution >= 4 is 0 Å². The van der Waals surface area contributed by atoms with Crippen molar-refractivity contribution in [3.8, 4) is 0 Å². The first-order chi connectivity index (χ1) is 7.39. The molecule has 3 saturated carbocycles. The molecule has 1 nitrogen and oxygen atoms in total. The van der Waals surface area contributed by atoms with Gasteiger partial charge in [0.15, 0.2) is 0 Å². The Morgan fingerprint density at radius 1 is 1.00 bits per heavy atom. The predicted octanol–water partition coefficient (Wildman–Crippen LogP) is 3.47. The summed E-state index contributed by atoms with van der Waals surface area (Å²) in [6.07, 6.45) is 4.89. The molecule has 0 aromatic carbocycles. The average molecular weight is 222 g/mol. The molecule has 0 amide bonds. The van der Waals surface area contributed by atoms with Gasteiger partial charge in [0.25, 0.3) is 0 Å². The maximum atomic E-state index is 11.1. The summed E-state index contributed by atoms with van der Waals surface area (Å²) < 4.78 is 0. The summed E-state index contributed by atoms with van der Waals surface area (Å²) in [5.74, 6) is 3.55. The van der Waals surface area contributed by atoms with Gasteiger partial charge < -0.3 is 5.11 Å². The van der Waals surface area contributed by atoms with Gasteiger partial charge in [-0.25, -0.2) is 0 Å². The van der Waals surface area contributed by atoms with E-state index in [9.17, 15) is 5.11 Å². The highest BCUT2D eigenvalue weighted by Gasteiger charge is 2.68. The summed E-state index contributed by atoms with van der Waals surface area (Å²) in [4.78, 5) is 0. The monoisotopic (exact) mass is 222 g/mol. The quantitative estimate of drug-likeness (QED) is 0.665. The van der Waals surface area contributed by atoms with Crippen molar-refractivity contribution < 1.29 is 5.11 Å². The van der Waals surface area contributed by atoms with Gasteiger partial charge in [-0.05, 0) is 60.7 Å². The fourth-order valence-electron chi connectivity index (χ4n) is 5.27. The van der Waals surface area contributed by atoms with Gasteiger partial charge in [0.2, 0.25) is 0 Å². The second-order valence-corrected chi connectivity index (χ2v) is 7.47. The normalized spacial score (nSPS) is 58.7. The van der Waals surface area contributed by atoms with E-state index >= 15 is 0 Å². The van der Waals surface area contributed by atoms with E-state index < -0.39 is 0 Å². The molecule has 1 heteroatoms. The first kappa shape index (κ1) is 11.1. The first-order valence-corrected chi connectivity index (χ1v) is 7.11. The topological polar surface area (TPSA) is 20.2 Å². The van der Waals surface area contributed by atoms with Crippen molar-refractivity contribution in [1.82, 2.24) is 0 Å². The van der Waals surface area contributed by atoms with Gasteiger partial charge in [0, 0.05) is 0 Å². The van der Waals surface area contributed by atoms with E-state index in [0.717, 1.165) is 24.2 Å². The number of fused-ring (bicyclic) bond motifs is 3. The van der Waals surface area contributed by atoms with Crippen molar-refractivity contribution in [2.75, 3.05) is 0 Å². The van der Waals surface area contributed by atoms with Crippen molar-refractivity contribution in [2.45, 2.75) is 59.0 Å². The minimum Gasteiger partial charge on any atom is -0.389 e. The zero-order valence-corrected chi connectivity index (χ0v) is 11.2. The molecule has 3 rings (SSSR count). The molecule has 2 unspecified atom stereocenters. The molecule has 1 N–H and O–H groups in total. The Morgan fingerprint density at radius 2 is 1.69 bits per heavy atom. The van der Waals surface area contributed by atoms with E-state index in [-0.39, 0.29) is 5.60 Å². The van der Waals surface area contributed by atoms with Crippen LogP contribution in [0, 0.1) is 35.0 Å². The van der Waals surface area contributed by atoms with E-state index in [1.807, 2.05) is 0 Å². The summed E-state index contributed by atoms with van der Waals surface area (Å²) in [5, 5.41) is 11.1. The minimum atomic E-state index is -0.327. The van der Waals surface area contributed by atoms with Crippen LogP contribution in [0.5, 0.6) is 0 Å². The lowest BCUT2D eigenvalue weighted by molar-refractivity contribution is -0.0624. The van der Waals surface area contributed by atoms with Crippen LogP contribution in [0.25, 0.3) is 0 Å². The summed E-state index contributed by atoms with van der Waals surface area (Å²) in [6, 6.07) is 0. The van der Waals surface area contributed by atoms with Crippen molar-refractivity contribution in [3.63, 3.8) is 0 Å². The van der Waals surface area contributed by atoms with Gasteiger partial charge in [-0.15, -0.1) is 0 Å². The average Bonchev–Trinajstić information content (AvgIpc) is 2.64. The molecule has 92 valence electrons. The molecule has 0 spiro atoms. The van der Waals surface area contributed by atoms with Crippen LogP contribution in [0.15, 0.2) is 0 Å². The molecular weight excluding hydrogens is 196 g/mol. The van der Waals surface area contributed by atoms with Crippen LogP contribution in [0.3, 0.4) is 0 Å². The van der Waals surface area contributed by atoms with Gasteiger partial charge in [-0.3, -0.25) is 0 Å². The van der Waals surface area contributed by atoms with Crippen LogP contribution in [0.1, 0.15) is 53.4 Å². The summed E-state index contributed by atoms with van der Waals surface area (Å²) in [7, 11) is 0. The van der Waals surface area contributed by atoms with E-state index in [4.69, 9.17) is 0 Å². The lowest BCUT2D eigenvalue weighted by atomic mass is 9.73. The molecular formula is C15H26O. The molecule has 0 bridgehead atoms. The summed E-state index contributed by atoms with van der Waals surface area (Å²) in [5.41, 5.74) is 0.185. The van der Waals surface area contributed by atoms with E-state index in [0.29, 0.717) is 17.3 Å². The van der Waals surface area contributed by atoms with Crippen LogP contribution in [0.4, 0.5) is 0 Å². The van der Waals surface area contributed by atoms with Crippen LogP contribution < -0.4 is 0 Å². The Bertz CT molecular complexity index is 309. The number of hydrogen-bond donors (Lipinski definition) is 1. The van der Waals surface area contributed by atoms with Crippen LogP contribution in [0.2, 0.25) is 0 Å². The molecule has 0 radical (unpaired) electrons. The molecule has 0 aromatic rings. The third-order valence-corrected chi connectivity index (χ3v) is 6.48. The highest BCUT2D eigenvalue weighted by atomic mass is 16.3. The molecule has 3 aliphatic rings. The van der Waals surface area contributed by atoms with Gasteiger partial charge >= 0.3 is 0 Å². The molecule has 0 heterocycles. The molecule has 0 aliphatic heterocycles. The Kier molecular flexibility index (Phi) is 2.11. The standard InChI is InChI=1S/C15H26O/c1-9-7-8-15(16)10(2)5-6-11-13(12(9)15)14(11,3)4/h9-13,16H,5-8H2,1-4H3/t9-,10-,11?,12+,13?,15-/m0/s1. The first-order valence-electron chi connectivity index (χ1n) is 7.11. The lowest BCUT2D eigenvalue weighted by Crippen LogP contribution is -2.42. The van der Waals surface area contributed by atoms with Gasteiger partial charge in [-0.1, -0.05) is 27.7 Å². The SMILES string of the molecule is C[C@H]1CC[C@]2(O)[C@@H](C)CCC3C([C@@H]12)C3(C)C. The number of aliphatic hydroxyl groups is 1. The van der Waals surface area contributed by atoms with Gasteiger partial charge in [0.1, 0.15) is 0 Å². The zero-order chi connectivity index (χ0) is 11.7. The van der Waals surface area contributed by atoms with Gasteiger partial charge in [-0.2, -0.15) is 0 Å². The third-order valence-electron chi connectivity index (χ3n) is 6.48. The molecule has 0 saturated heterocycles. The molecule has 6 atom stereocenters. The van der Waals surface area contributed by atoms with E-state index in [1.54, 1.807) is 0 Å². The van der Waals surface area contributed by atoms with E-state index in [1.165, 1.54) is 19.3 Å². The molecule has 3 aliphatic carbocycles. The van der Waals surface area contributed by atoms with Crippen molar-refractivity contribution in [2.24, 2.45) is 35.0 Å². The molecule has 16 heavy (non-hydrogen) atoms. The van der Waals surface area contributed by atoms with Crippen molar-refractivity contribution in [3.05, 3.63) is 0 Å². The highest BCUT2D eigenvalue weighted by molar-refractivity contribution is 5.17. The summed E-state index contributed by atoms with van der Waals surface area (Å²) in [6.45, 7) is 9.49. The molecule has 3 fully saturated rings. The van der Waals surface area contributed by atoms with Crippen LogP contribution in [-0.4, -0.2) is 10.7 Å². The highest BCUT2D eigenvalue weighted by Crippen LogP contribution is 2.71. The fourth-order valence-corrected chi connectivity index (χ4v) is 5.27. The zero-order valence-electron chi connectivity index (χ0n) is 11.2. The Hall–Kier alpha value is -0.0400. The second kappa shape index (κ2) is 3.04. The lowest BCUT2D eigenvalue weighted by Gasteiger charge is -2.37. The second-order valence-electron chi connectivity index (χ2n) is 7.47. The maximum Gasteiger partial charge on any atom is 0.0706 e. The maximum absolute atomic E-state index is 11.1. The molecule has 0 aromatic heterocycles. The largest absolute Gasteiger partial charge is 0.389 e. The Balaban J connectivity index is 1.98. The minimum absolute atomic E-state index is 0.327. The Morgan fingerprint density at radius 3 is 2.38 bits per heavy atom. The van der Waals surface area contributed by atoms with Crippen LogP contribution in [-0.2, 0) is 0 Å². The third kappa shape index (κ3) is 1.16. The number of rotatable bonds is 0. The predicted molar refractivity (Wildman–Crippen MR) is 66.0 cm³/mol. The van der Waals surface area contributed by atoms with Gasteiger partial charge in [0.05, 0.1) is 5.60 Å². The van der Waals surface area contributed by atoms with Crippen molar-refractivity contribution in [1.29, 1.82) is 0 Å². The fraction of sp³-hybridized carbons (Fsp3) is 1.00. The van der Waals surface area contributed by atoms with E-state index in [2.05, 4.69) is 27.7 Å². The Labute approximate surface area is 99.6 Å². The number of hydrogen-bond acceptors (Lipinski definition) is 1. The smallest absolute Gasteiger partial charge is 0.0706 e.